The second-order valence-corrected chi connectivity index (χ2v) is 8.59. The molecular formula is C23H25ClN10O. The number of nitrogens with one attached hydrogen (secondary N) is 1. The van der Waals surface area contributed by atoms with Gasteiger partial charge >= 0.3 is 0 Å². The number of hydrogen-bond donors (Lipinski definition) is 2. The van der Waals surface area contributed by atoms with Gasteiger partial charge in [-0.05, 0) is 26.7 Å². The molecule has 3 N–H and O–H groups in total. The van der Waals surface area contributed by atoms with Gasteiger partial charge in [0.1, 0.15) is 16.2 Å². The van der Waals surface area contributed by atoms with Gasteiger partial charge in [-0.25, -0.2) is 19.9 Å². The molecule has 180 valence electrons. The summed E-state index contributed by atoms with van der Waals surface area (Å²) in [6.07, 6.45) is 9.84. The van der Waals surface area contributed by atoms with Crippen molar-refractivity contribution in [2.75, 3.05) is 23.3 Å². The summed E-state index contributed by atoms with van der Waals surface area (Å²) < 4.78 is 7.70. The zero-order chi connectivity index (χ0) is 24.5. The van der Waals surface area contributed by atoms with E-state index < -0.39 is 0 Å². The van der Waals surface area contributed by atoms with Crippen LogP contribution in [0.1, 0.15) is 29.9 Å². The van der Waals surface area contributed by atoms with Crippen LogP contribution in [0.3, 0.4) is 0 Å². The summed E-state index contributed by atoms with van der Waals surface area (Å²) in [7, 11) is 1.83. The van der Waals surface area contributed by atoms with Crippen LogP contribution in [0, 0.1) is 13.8 Å². The summed E-state index contributed by atoms with van der Waals surface area (Å²) >= 11 is 6.70. The van der Waals surface area contributed by atoms with E-state index in [0.717, 1.165) is 30.2 Å². The standard InChI is InChI=1S/C23H25ClN10O/c1-13-19(34-8-4-5-9-34)14(2)30-22(29-13)32-23-31-21-20(33(23)3)18(24)17(12-28-21)35-16(10-25)15-11-26-6-7-27-15/h6-7,10-12H,4-5,8-9,25H2,1-3H3,(H,28,29,30,31,32). The van der Waals surface area contributed by atoms with Crippen LogP contribution in [-0.4, -0.2) is 47.6 Å². The van der Waals surface area contributed by atoms with Gasteiger partial charge in [-0.2, -0.15) is 4.98 Å². The number of halogens is 1. The van der Waals surface area contributed by atoms with Crippen LogP contribution in [0.4, 0.5) is 17.6 Å². The van der Waals surface area contributed by atoms with E-state index >= 15 is 0 Å². The van der Waals surface area contributed by atoms with Crippen molar-refractivity contribution in [3.8, 4) is 5.75 Å². The van der Waals surface area contributed by atoms with Crippen molar-refractivity contribution >= 4 is 46.1 Å². The molecule has 0 spiro atoms. The molecule has 5 heterocycles. The summed E-state index contributed by atoms with van der Waals surface area (Å²) in [6.45, 7) is 6.08. The monoisotopic (exact) mass is 492 g/mol. The summed E-state index contributed by atoms with van der Waals surface area (Å²) in [5, 5.41) is 3.54. The van der Waals surface area contributed by atoms with Crippen molar-refractivity contribution in [2.45, 2.75) is 26.7 Å². The summed E-state index contributed by atoms with van der Waals surface area (Å²) in [5.41, 5.74) is 10.2. The predicted octanol–water partition coefficient (Wildman–Crippen LogP) is 3.50. The van der Waals surface area contributed by atoms with E-state index in [2.05, 4.69) is 40.1 Å². The fraction of sp³-hybridized carbons (Fsp3) is 0.304. The molecule has 0 bridgehead atoms. The third kappa shape index (κ3) is 4.30. The smallest absolute Gasteiger partial charge is 0.230 e. The van der Waals surface area contributed by atoms with E-state index in [-0.39, 0.29) is 0 Å². The lowest BCUT2D eigenvalue weighted by Crippen LogP contribution is -2.21. The Kier molecular flexibility index (Phi) is 6.08. The molecular weight excluding hydrogens is 468 g/mol. The number of nitrogens with two attached hydrogens (primary N) is 1. The first-order chi connectivity index (χ1) is 17.0. The van der Waals surface area contributed by atoms with E-state index in [9.17, 15) is 0 Å². The Labute approximate surface area is 207 Å². The topological polar surface area (TPSA) is 133 Å². The number of nitrogens with zero attached hydrogens (tertiary/aromatic N) is 8. The van der Waals surface area contributed by atoms with Crippen LogP contribution in [0.2, 0.25) is 5.02 Å². The molecule has 35 heavy (non-hydrogen) atoms. The van der Waals surface area contributed by atoms with Gasteiger partial charge in [0.2, 0.25) is 11.9 Å². The van der Waals surface area contributed by atoms with Crippen molar-refractivity contribution in [2.24, 2.45) is 12.8 Å². The molecule has 5 rings (SSSR count). The van der Waals surface area contributed by atoms with E-state index in [0.29, 0.717) is 45.3 Å². The second kappa shape index (κ2) is 9.34. The summed E-state index contributed by atoms with van der Waals surface area (Å²) in [4.78, 5) is 28.9. The van der Waals surface area contributed by atoms with Crippen molar-refractivity contribution in [3.63, 3.8) is 0 Å². The number of fused-ring (bicyclic) bond motifs is 1. The Morgan fingerprint density at radius 2 is 1.83 bits per heavy atom. The molecule has 0 aliphatic carbocycles. The summed E-state index contributed by atoms with van der Waals surface area (Å²) in [5.74, 6) is 1.58. The maximum absolute atomic E-state index is 6.70. The van der Waals surface area contributed by atoms with Crippen molar-refractivity contribution in [1.29, 1.82) is 0 Å². The van der Waals surface area contributed by atoms with E-state index in [1.54, 1.807) is 23.2 Å². The molecule has 1 fully saturated rings. The number of imidazole rings is 1. The van der Waals surface area contributed by atoms with Gasteiger partial charge in [0.05, 0.1) is 29.5 Å². The lowest BCUT2D eigenvalue weighted by Gasteiger charge is -2.21. The highest BCUT2D eigenvalue weighted by Crippen LogP contribution is 2.35. The number of aryl methyl sites for hydroxylation is 3. The zero-order valence-corrected chi connectivity index (χ0v) is 20.4. The van der Waals surface area contributed by atoms with Gasteiger partial charge in [-0.15, -0.1) is 0 Å². The molecule has 0 atom stereocenters. The van der Waals surface area contributed by atoms with Crippen molar-refractivity contribution in [1.82, 2.24) is 34.5 Å². The minimum atomic E-state index is 0.305. The molecule has 0 unspecified atom stereocenters. The molecule has 11 nitrogen and oxygen atoms in total. The van der Waals surface area contributed by atoms with E-state index in [1.807, 2.05) is 20.9 Å². The zero-order valence-electron chi connectivity index (χ0n) is 19.7. The lowest BCUT2D eigenvalue weighted by atomic mass is 10.2. The Hall–Kier alpha value is -3.99. The van der Waals surface area contributed by atoms with Crippen molar-refractivity contribution in [3.05, 3.63) is 53.1 Å². The number of ether oxygens (including phenoxy) is 1. The first-order valence-electron chi connectivity index (χ1n) is 11.2. The predicted molar refractivity (Wildman–Crippen MR) is 135 cm³/mol. The average Bonchev–Trinajstić information content (AvgIpc) is 3.48. The van der Waals surface area contributed by atoms with Crippen molar-refractivity contribution < 1.29 is 4.74 Å². The molecule has 0 saturated carbocycles. The van der Waals surface area contributed by atoms with Crippen LogP contribution in [0.15, 0.2) is 31.0 Å². The van der Waals surface area contributed by atoms with Gasteiger partial charge < -0.3 is 19.9 Å². The Bertz CT molecular complexity index is 1390. The second-order valence-electron chi connectivity index (χ2n) is 8.21. The van der Waals surface area contributed by atoms with Gasteiger partial charge in [0.25, 0.3) is 0 Å². The first-order valence-corrected chi connectivity index (χ1v) is 11.6. The van der Waals surface area contributed by atoms with Crippen LogP contribution in [-0.2, 0) is 7.05 Å². The van der Waals surface area contributed by atoms with Gasteiger partial charge in [-0.1, -0.05) is 11.6 Å². The SMILES string of the molecule is Cc1nc(Nc2nc3ncc(OC(=CN)c4cnccn4)c(Cl)c3n2C)nc(C)c1N1CCCC1. The maximum atomic E-state index is 6.70. The maximum Gasteiger partial charge on any atom is 0.230 e. The summed E-state index contributed by atoms with van der Waals surface area (Å²) in [6, 6.07) is 0. The lowest BCUT2D eigenvalue weighted by molar-refractivity contribution is 0.509. The molecule has 4 aromatic heterocycles. The fourth-order valence-corrected chi connectivity index (χ4v) is 4.58. The molecule has 0 aromatic carbocycles. The Morgan fingerprint density at radius 1 is 1.09 bits per heavy atom. The third-order valence-electron chi connectivity index (χ3n) is 5.87. The van der Waals surface area contributed by atoms with Gasteiger partial charge in [-0.3, -0.25) is 10.3 Å². The first kappa shape index (κ1) is 22.8. The Balaban J connectivity index is 1.45. The largest absolute Gasteiger partial charge is 0.450 e. The van der Waals surface area contributed by atoms with Crippen LogP contribution in [0.25, 0.3) is 16.9 Å². The number of anilines is 3. The molecule has 4 aromatic rings. The molecule has 0 radical (unpaired) electrons. The highest BCUT2D eigenvalue weighted by Gasteiger charge is 2.21. The average molecular weight is 493 g/mol. The normalized spacial score (nSPS) is 14.1. The van der Waals surface area contributed by atoms with E-state index in [4.69, 9.17) is 22.1 Å². The van der Waals surface area contributed by atoms with Crippen LogP contribution in [0.5, 0.6) is 5.75 Å². The number of hydrogen-bond acceptors (Lipinski definition) is 10. The third-order valence-corrected chi connectivity index (χ3v) is 6.24. The highest BCUT2D eigenvalue weighted by atomic mass is 35.5. The van der Waals surface area contributed by atoms with Gasteiger partial charge in [0.15, 0.2) is 17.2 Å². The van der Waals surface area contributed by atoms with Gasteiger partial charge in [0, 0.05) is 38.7 Å². The molecule has 1 aliphatic heterocycles. The van der Waals surface area contributed by atoms with Crippen LogP contribution >= 0.6 is 11.6 Å². The number of pyridine rings is 1. The van der Waals surface area contributed by atoms with E-state index in [1.165, 1.54) is 25.2 Å². The fourth-order valence-electron chi connectivity index (χ4n) is 4.28. The quantitative estimate of drug-likeness (QED) is 0.385. The van der Waals surface area contributed by atoms with Crippen LogP contribution < -0.4 is 20.7 Å². The Morgan fingerprint density at radius 3 is 2.49 bits per heavy atom. The molecule has 0 amide bonds. The molecule has 1 aliphatic rings. The minimum Gasteiger partial charge on any atom is -0.450 e. The highest BCUT2D eigenvalue weighted by molar-refractivity contribution is 6.36. The molecule has 12 heteroatoms. The molecule has 1 saturated heterocycles. The number of rotatable bonds is 6. The number of aromatic nitrogens is 7. The minimum absolute atomic E-state index is 0.305.